The molecule has 1 rings (SSSR count). The minimum Gasteiger partial charge on any atom is -0.379 e. The van der Waals surface area contributed by atoms with Crippen molar-refractivity contribution in [2.24, 2.45) is 17.8 Å². The molecule has 100 valence electrons. The summed E-state index contributed by atoms with van der Waals surface area (Å²) in [5.41, 5.74) is 0. The Kier molecular flexibility index (Phi) is 6.83. The maximum atomic E-state index is 9.45. The molecule has 1 aliphatic rings. The van der Waals surface area contributed by atoms with E-state index in [9.17, 15) is 5.11 Å². The van der Waals surface area contributed by atoms with Gasteiger partial charge in [-0.2, -0.15) is 0 Å². The third-order valence-electron chi connectivity index (χ3n) is 4.32. The highest BCUT2D eigenvalue weighted by molar-refractivity contribution is 4.87. The number of aliphatic hydroxyl groups excluding tert-OH is 1. The molecule has 0 aromatic rings. The summed E-state index contributed by atoms with van der Waals surface area (Å²) >= 11 is 0. The van der Waals surface area contributed by atoms with Crippen LogP contribution in [-0.4, -0.2) is 18.4 Å². The highest BCUT2D eigenvalue weighted by Gasteiger charge is 2.23. The van der Waals surface area contributed by atoms with Gasteiger partial charge >= 0.3 is 0 Å². The van der Waals surface area contributed by atoms with E-state index in [2.05, 4.69) is 24.9 Å². The molecular weight excluding hydrogens is 210 g/mol. The largest absolute Gasteiger partial charge is 0.379 e. The fourth-order valence-electron chi connectivity index (χ4n) is 2.95. The van der Waals surface area contributed by atoms with Gasteiger partial charge in [0.1, 0.15) is 6.23 Å². The van der Waals surface area contributed by atoms with E-state index in [0.29, 0.717) is 5.92 Å². The van der Waals surface area contributed by atoms with E-state index in [-0.39, 0.29) is 6.23 Å². The van der Waals surface area contributed by atoms with Crippen molar-refractivity contribution in [1.29, 1.82) is 0 Å². The topological polar surface area (TPSA) is 32.3 Å². The first-order chi connectivity index (χ1) is 8.17. The van der Waals surface area contributed by atoms with Gasteiger partial charge in [-0.15, -0.1) is 6.58 Å². The maximum absolute atomic E-state index is 9.45. The van der Waals surface area contributed by atoms with E-state index in [1.165, 1.54) is 32.1 Å². The molecule has 0 bridgehead atoms. The number of hydrogen-bond acceptors (Lipinski definition) is 2. The summed E-state index contributed by atoms with van der Waals surface area (Å²) < 4.78 is 0. The van der Waals surface area contributed by atoms with Crippen LogP contribution in [0.2, 0.25) is 0 Å². The van der Waals surface area contributed by atoms with Crippen molar-refractivity contribution >= 4 is 0 Å². The fraction of sp³-hybridized carbons (Fsp3) is 0.867. The van der Waals surface area contributed by atoms with E-state index in [4.69, 9.17) is 0 Å². The number of aliphatic hydroxyl groups is 1. The summed E-state index contributed by atoms with van der Waals surface area (Å²) in [6.45, 7) is 6.36. The molecule has 0 spiro atoms. The lowest BCUT2D eigenvalue weighted by molar-refractivity contribution is 0.130. The van der Waals surface area contributed by atoms with Gasteiger partial charge in [0, 0.05) is 0 Å². The van der Waals surface area contributed by atoms with Crippen molar-refractivity contribution in [3.63, 3.8) is 0 Å². The summed E-state index contributed by atoms with van der Waals surface area (Å²) in [6.07, 6.45) is 10.4. The fourth-order valence-corrected chi connectivity index (χ4v) is 2.95. The Morgan fingerprint density at radius 3 is 2.47 bits per heavy atom. The van der Waals surface area contributed by atoms with Crippen LogP contribution >= 0.6 is 0 Å². The Morgan fingerprint density at radius 1 is 1.29 bits per heavy atom. The predicted molar refractivity (Wildman–Crippen MR) is 73.7 cm³/mol. The molecule has 0 aromatic carbocycles. The third kappa shape index (κ3) is 5.22. The van der Waals surface area contributed by atoms with Gasteiger partial charge in [0.15, 0.2) is 0 Å². The van der Waals surface area contributed by atoms with Crippen LogP contribution in [0.25, 0.3) is 0 Å². The van der Waals surface area contributed by atoms with Crippen LogP contribution < -0.4 is 5.32 Å². The molecule has 0 radical (unpaired) electrons. The van der Waals surface area contributed by atoms with E-state index in [1.54, 1.807) is 7.05 Å². The van der Waals surface area contributed by atoms with Crippen molar-refractivity contribution in [3.05, 3.63) is 12.7 Å². The van der Waals surface area contributed by atoms with Crippen LogP contribution in [-0.2, 0) is 0 Å². The highest BCUT2D eigenvalue weighted by Crippen LogP contribution is 2.35. The highest BCUT2D eigenvalue weighted by atomic mass is 16.3. The first-order valence-corrected chi connectivity index (χ1v) is 7.15. The van der Waals surface area contributed by atoms with Crippen LogP contribution in [0.5, 0.6) is 0 Å². The van der Waals surface area contributed by atoms with Crippen molar-refractivity contribution < 1.29 is 5.11 Å². The lowest BCUT2D eigenvalue weighted by Crippen LogP contribution is -2.25. The molecule has 2 atom stereocenters. The van der Waals surface area contributed by atoms with Gasteiger partial charge in [-0.25, -0.2) is 0 Å². The van der Waals surface area contributed by atoms with Gasteiger partial charge in [0.05, 0.1) is 0 Å². The Bertz CT molecular complexity index is 209. The molecule has 1 fully saturated rings. The van der Waals surface area contributed by atoms with Gasteiger partial charge in [0.25, 0.3) is 0 Å². The molecule has 0 amide bonds. The van der Waals surface area contributed by atoms with Crippen LogP contribution in [0.15, 0.2) is 12.7 Å². The maximum Gasteiger partial charge on any atom is 0.104 e. The second-order valence-corrected chi connectivity index (χ2v) is 5.65. The van der Waals surface area contributed by atoms with Crippen molar-refractivity contribution in [1.82, 2.24) is 5.32 Å². The molecule has 17 heavy (non-hydrogen) atoms. The van der Waals surface area contributed by atoms with Gasteiger partial charge < -0.3 is 5.11 Å². The lowest BCUT2D eigenvalue weighted by atomic mass is 9.75. The van der Waals surface area contributed by atoms with Crippen LogP contribution in [0.3, 0.4) is 0 Å². The number of rotatable bonds is 7. The molecule has 1 aliphatic carbocycles. The Morgan fingerprint density at radius 2 is 1.94 bits per heavy atom. The number of nitrogens with one attached hydrogen (secondary N) is 1. The molecule has 2 unspecified atom stereocenters. The van der Waals surface area contributed by atoms with Crippen molar-refractivity contribution in [2.75, 3.05) is 7.05 Å². The van der Waals surface area contributed by atoms with E-state index < -0.39 is 0 Å². The summed E-state index contributed by atoms with van der Waals surface area (Å²) in [5, 5.41) is 12.3. The lowest BCUT2D eigenvalue weighted by Gasteiger charge is -2.31. The number of allylic oxidation sites excluding steroid dienone is 1. The molecular formula is C15H29NO. The SMILES string of the molecule is C=CC(CCCC(O)NC)C1CCC(C)CC1. The summed E-state index contributed by atoms with van der Waals surface area (Å²) in [6, 6.07) is 0. The van der Waals surface area contributed by atoms with Gasteiger partial charge in [0.2, 0.25) is 0 Å². The normalized spacial score (nSPS) is 28.6. The average Bonchev–Trinajstić information content (AvgIpc) is 2.35. The monoisotopic (exact) mass is 239 g/mol. The molecule has 2 N–H and O–H groups in total. The van der Waals surface area contributed by atoms with Crippen LogP contribution in [0.1, 0.15) is 51.9 Å². The molecule has 1 saturated carbocycles. The zero-order chi connectivity index (χ0) is 12.7. The third-order valence-corrected chi connectivity index (χ3v) is 4.32. The van der Waals surface area contributed by atoms with Crippen molar-refractivity contribution in [2.45, 2.75) is 58.1 Å². The summed E-state index contributed by atoms with van der Waals surface area (Å²) in [7, 11) is 1.80. The molecule has 0 saturated heterocycles. The van der Waals surface area contributed by atoms with E-state index >= 15 is 0 Å². The van der Waals surface area contributed by atoms with Crippen LogP contribution in [0, 0.1) is 17.8 Å². The minimum atomic E-state index is -0.341. The van der Waals surface area contributed by atoms with E-state index in [0.717, 1.165) is 24.7 Å². The smallest absolute Gasteiger partial charge is 0.104 e. The molecule has 2 nitrogen and oxygen atoms in total. The first-order valence-electron chi connectivity index (χ1n) is 7.15. The average molecular weight is 239 g/mol. The Balaban J connectivity index is 2.25. The predicted octanol–water partition coefficient (Wildman–Crippen LogP) is 3.32. The summed E-state index contributed by atoms with van der Waals surface area (Å²) in [4.78, 5) is 0. The first kappa shape index (κ1) is 14.7. The molecule has 0 aromatic heterocycles. The quantitative estimate of drug-likeness (QED) is 0.527. The standard InChI is InChI=1S/C15H29NO/c1-4-13(6-5-7-15(17)16-3)14-10-8-12(2)9-11-14/h4,12-17H,1,5-11H2,2-3H3. The molecule has 0 heterocycles. The van der Waals surface area contributed by atoms with E-state index in [1.807, 2.05) is 0 Å². The summed E-state index contributed by atoms with van der Waals surface area (Å²) in [5.74, 6) is 2.42. The van der Waals surface area contributed by atoms with Gasteiger partial charge in [-0.05, 0) is 56.9 Å². The Hall–Kier alpha value is -0.340. The Labute approximate surface area is 106 Å². The van der Waals surface area contributed by atoms with Gasteiger partial charge in [-0.3, -0.25) is 5.32 Å². The van der Waals surface area contributed by atoms with Gasteiger partial charge in [-0.1, -0.05) is 25.8 Å². The zero-order valence-corrected chi connectivity index (χ0v) is 11.5. The van der Waals surface area contributed by atoms with Crippen LogP contribution in [0.4, 0.5) is 0 Å². The zero-order valence-electron chi connectivity index (χ0n) is 11.5. The molecule has 0 aliphatic heterocycles. The second-order valence-electron chi connectivity index (χ2n) is 5.65. The second kappa shape index (κ2) is 7.88. The molecule has 2 heteroatoms. The minimum absolute atomic E-state index is 0.341. The van der Waals surface area contributed by atoms with Crippen molar-refractivity contribution in [3.8, 4) is 0 Å². The number of hydrogen-bond donors (Lipinski definition) is 2.